The van der Waals surface area contributed by atoms with Crippen LogP contribution in [0.5, 0.6) is 0 Å². The summed E-state index contributed by atoms with van der Waals surface area (Å²) in [4.78, 5) is 13.8. The molecule has 0 radical (unpaired) electrons. The van der Waals surface area contributed by atoms with Crippen molar-refractivity contribution in [1.29, 1.82) is 0 Å². The van der Waals surface area contributed by atoms with Crippen LogP contribution in [-0.2, 0) is 17.4 Å². The van der Waals surface area contributed by atoms with Crippen LogP contribution >= 0.6 is 0 Å². The molecule has 0 atom stereocenters. The molecule has 1 N–H and O–H groups in total. The molecule has 1 heterocycles. The summed E-state index contributed by atoms with van der Waals surface area (Å²) in [6.07, 6.45) is -9.48. The number of carboxylic acid groups (broad SMARTS) is 1. The van der Waals surface area contributed by atoms with Crippen molar-refractivity contribution >= 4 is 5.97 Å². The second-order valence-corrected chi connectivity index (χ2v) is 3.54. The molecule has 1 aromatic heterocycles. The van der Waals surface area contributed by atoms with Gasteiger partial charge in [0.05, 0.1) is 17.7 Å². The number of halogens is 5. The second-order valence-electron chi connectivity index (χ2n) is 3.54. The van der Waals surface area contributed by atoms with Gasteiger partial charge in [0.2, 0.25) is 0 Å². The number of hydrogen-bond acceptors (Lipinski definition) is 2. The second kappa shape index (κ2) is 4.87. The number of carbonyl (C=O) groups is 1. The molecule has 100 valence electrons. The van der Waals surface area contributed by atoms with E-state index in [9.17, 15) is 26.7 Å². The summed E-state index contributed by atoms with van der Waals surface area (Å²) in [6.45, 7) is 1.22. The van der Waals surface area contributed by atoms with Gasteiger partial charge in [0.25, 0.3) is 6.43 Å². The lowest BCUT2D eigenvalue weighted by atomic mass is 10.0. The van der Waals surface area contributed by atoms with Gasteiger partial charge in [-0.3, -0.25) is 9.78 Å². The highest BCUT2D eigenvalue weighted by Crippen LogP contribution is 2.38. The Morgan fingerprint density at radius 3 is 2.39 bits per heavy atom. The van der Waals surface area contributed by atoms with Gasteiger partial charge in [0, 0.05) is 11.3 Å². The van der Waals surface area contributed by atoms with E-state index in [0.717, 1.165) is 0 Å². The van der Waals surface area contributed by atoms with Gasteiger partial charge in [-0.05, 0) is 13.0 Å². The van der Waals surface area contributed by atoms with Crippen molar-refractivity contribution in [3.05, 3.63) is 28.6 Å². The average molecular weight is 269 g/mol. The Morgan fingerprint density at radius 1 is 1.44 bits per heavy atom. The third-order valence-electron chi connectivity index (χ3n) is 2.09. The van der Waals surface area contributed by atoms with Crippen LogP contribution in [0.2, 0.25) is 0 Å². The average Bonchev–Trinajstić information content (AvgIpc) is 2.12. The van der Waals surface area contributed by atoms with E-state index in [1.807, 2.05) is 0 Å². The zero-order chi connectivity index (χ0) is 14.1. The molecule has 0 spiro atoms. The number of alkyl halides is 5. The van der Waals surface area contributed by atoms with Crippen LogP contribution in [0.4, 0.5) is 22.0 Å². The third kappa shape index (κ3) is 3.14. The number of aromatic nitrogens is 1. The van der Waals surface area contributed by atoms with Crippen molar-refractivity contribution in [2.45, 2.75) is 25.9 Å². The topological polar surface area (TPSA) is 50.2 Å². The van der Waals surface area contributed by atoms with Crippen molar-refractivity contribution in [3.8, 4) is 0 Å². The molecule has 1 rings (SSSR count). The number of rotatable bonds is 3. The van der Waals surface area contributed by atoms with E-state index in [-0.39, 0.29) is 5.69 Å². The Morgan fingerprint density at radius 2 is 2.00 bits per heavy atom. The molecule has 8 heteroatoms. The molecule has 1 aromatic rings. The van der Waals surface area contributed by atoms with Gasteiger partial charge < -0.3 is 5.11 Å². The maximum absolute atomic E-state index is 12.7. The van der Waals surface area contributed by atoms with E-state index < -0.39 is 41.8 Å². The van der Waals surface area contributed by atoms with Crippen molar-refractivity contribution in [2.75, 3.05) is 0 Å². The number of pyridine rings is 1. The van der Waals surface area contributed by atoms with E-state index in [2.05, 4.69) is 4.98 Å². The Kier molecular flexibility index (Phi) is 3.88. The first-order valence-corrected chi connectivity index (χ1v) is 4.70. The molecule has 18 heavy (non-hydrogen) atoms. The maximum Gasteiger partial charge on any atom is 0.418 e. The highest BCUT2D eigenvalue weighted by atomic mass is 19.4. The van der Waals surface area contributed by atoms with Crippen molar-refractivity contribution in [1.82, 2.24) is 4.98 Å². The number of aliphatic carboxylic acids is 1. The van der Waals surface area contributed by atoms with Gasteiger partial charge >= 0.3 is 12.1 Å². The lowest BCUT2D eigenvalue weighted by Crippen LogP contribution is -2.18. The molecule has 0 aliphatic heterocycles. The van der Waals surface area contributed by atoms with E-state index in [1.54, 1.807) is 0 Å². The van der Waals surface area contributed by atoms with Gasteiger partial charge in [0.15, 0.2) is 0 Å². The molecular weight excluding hydrogens is 261 g/mol. The summed E-state index contributed by atoms with van der Waals surface area (Å²) < 4.78 is 63.2. The Bertz CT molecular complexity index is 470. The van der Waals surface area contributed by atoms with Crippen molar-refractivity contribution in [3.63, 3.8) is 0 Å². The minimum absolute atomic E-state index is 0.0884. The van der Waals surface area contributed by atoms with Crippen molar-refractivity contribution < 1.29 is 31.9 Å². The summed E-state index contributed by atoms with van der Waals surface area (Å²) in [5.74, 6) is -1.57. The Labute approximate surface area is 98.3 Å². The summed E-state index contributed by atoms with van der Waals surface area (Å²) in [7, 11) is 0. The standard InChI is InChI=1S/C10H8F5NO2/c1-4-2-5(9(11)12)8(10(13,14)15)6(16-4)3-7(17)18/h2,9H,3H2,1H3,(H,17,18). The molecule has 0 amide bonds. The molecule has 0 unspecified atom stereocenters. The molecule has 0 saturated heterocycles. The first-order valence-electron chi connectivity index (χ1n) is 4.70. The SMILES string of the molecule is Cc1cc(C(F)F)c(C(F)(F)F)c(CC(=O)O)n1. The minimum atomic E-state index is -5.07. The van der Waals surface area contributed by atoms with Gasteiger partial charge in [-0.2, -0.15) is 13.2 Å². The largest absolute Gasteiger partial charge is 0.481 e. The number of nitrogens with zero attached hydrogens (tertiary/aromatic N) is 1. The molecular formula is C10H8F5NO2. The molecule has 0 aliphatic rings. The van der Waals surface area contributed by atoms with Crippen LogP contribution in [-0.4, -0.2) is 16.1 Å². The van der Waals surface area contributed by atoms with Crippen LogP contribution in [0.15, 0.2) is 6.07 Å². The molecule has 3 nitrogen and oxygen atoms in total. The van der Waals surface area contributed by atoms with Crippen LogP contribution in [0.3, 0.4) is 0 Å². The molecule has 0 aliphatic carbocycles. The zero-order valence-corrected chi connectivity index (χ0v) is 9.05. The summed E-state index contributed by atoms with van der Waals surface area (Å²) >= 11 is 0. The highest BCUT2D eigenvalue weighted by Gasteiger charge is 2.39. The van der Waals surface area contributed by atoms with E-state index in [1.165, 1.54) is 6.92 Å². The normalized spacial score (nSPS) is 11.9. The zero-order valence-electron chi connectivity index (χ0n) is 9.05. The smallest absolute Gasteiger partial charge is 0.418 e. The first-order chi connectivity index (χ1) is 8.12. The molecule has 0 saturated carbocycles. The third-order valence-corrected chi connectivity index (χ3v) is 2.09. The van der Waals surface area contributed by atoms with Gasteiger partial charge in [-0.1, -0.05) is 0 Å². The molecule has 0 fully saturated rings. The van der Waals surface area contributed by atoms with Gasteiger partial charge in [-0.15, -0.1) is 0 Å². The number of aryl methyl sites for hydroxylation is 1. The molecule has 0 bridgehead atoms. The van der Waals surface area contributed by atoms with Gasteiger partial charge in [-0.25, -0.2) is 8.78 Å². The van der Waals surface area contributed by atoms with Crippen LogP contribution in [0.25, 0.3) is 0 Å². The van der Waals surface area contributed by atoms with E-state index in [4.69, 9.17) is 5.11 Å². The monoisotopic (exact) mass is 269 g/mol. The number of hydrogen-bond donors (Lipinski definition) is 1. The summed E-state index contributed by atoms with van der Waals surface area (Å²) in [6, 6.07) is 0.610. The van der Waals surface area contributed by atoms with Crippen molar-refractivity contribution in [2.24, 2.45) is 0 Å². The van der Waals surface area contributed by atoms with E-state index >= 15 is 0 Å². The fourth-order valence-electron chi connectivity index (χ4n) is 1.54. The maximum atomic E-state index is 12.7. The minimum Gasteiger partial charge on any atom is -0.481 e. The first kappa shape index (κ1) is 14.3. The fourth-order valence-corrected chi connectivity index (χ4v) is 1.54. The predicted octanol–water partition coefficient (Wildman–Crippen LogP) is 2.97. The summed E-state index contributed by atoms with van der Waals surface area (Å²) in [5, 5.41) is 8.48. The Balaban J connectivity index is 3.53. The van der Waals surface area contributed by atoms with E-state index in [0.29, 0.717) is 6.07 Å². The van der Waals surface area contributed by atoms with Crippen LogP contribution in [0, 0.1) is 6.92 Å². The van der Waals surface area contributed by atoms with Crippen LogP contribution < -0.4 is 0 Å². The fraction of sp³-hybridized carbons (Fsp3) is 0.400. The van der Waals surface area contributed by atoms with Crippen LogP contribution in [0.1, 0.15) is 28.9 Å². The lowest BCUT2D eigenvalue weighted by molar-refractivity contribution is -0.141. The molecule has 0 aromatic carbocycles. The Hall–Kier alpha value is -1.73. The number of carboxylic acids is 1. The lowest BCUT2D eigenvalue weighted by Gasteiger charge is -2.16. The quantitative estimate of drug-likeness (QED) is 0.858. The highest BCUT2D eigenvalue weighted by molar-refractivity contribution is 5.70. The predicted molar refractivity (Wildman–Crippen MR) is 50.3 cm³/mol. The summed E-state index contributed by atoms with van der Waals surface area (Å²) in [5.41, 5.74) is -3.89. The van der Waals surface area contributed by atoms with Gasteiger partial charge in [0.1, 0.15) is 0 Å².